The molecule has 54 valence electrons. The van der Waals surface area contributed by atoms with Gasteiger partial charge in [0.15, 0.2) is 5.78 Å². The molecule has 0 unspecified atom stereocenters. The minimum Gasteiger partial charge on any atom is -0.478 e. The number of carboxylic acid groups (broad SMARTS) is 1. The molecule has 10 heavy (non-hydrogen) atoms. The van der Waals surface area contributed by atoms with Crippen LogP contribution in [0.15, 0.2) is 12.2 Å². The molecule has 0 spiro atoms. The average molecular weight is 140 g/mol. The highest BCUT2D eigenvalue weighted by atomic mass is 16.4. The van der Waals surface area contributed by atoms with Gasteiger partial charge in [-0.2, -0.15) is 0 Å². The summed E-state index contributed by atoms with van der Waals surface area (Å²) >= 11 is 0. The highest BCUT2D eigenvalue weighted by molar-refractivity contribution is 6.17. The zero-order valence-corrected chi connectivity index (χ0v) is 5.46. The molecule has 0 aromatic heterocycles. The largest absolute Gasteiger partial charge is 0.478 e. The minimum absolute atomic E-state index is 0.0383. The van der Waals surface area contributed by atoms with Gasteiger partial charge in [0.2, 0.25) is 0 Å². The molecule has 3 nitrogen and oxygen atoms in total. The van der Waals surface area contributed by atoms with Crippen LogP contribution < -0.4 is 0 Å². The van der Waals surface area contributed by atoms with Gasteiger partial charge in [-0.15, -0.1) is 0 Å². The van der Waals surface area contributed by atoms with Crippen LogP contribution in [0.2, 0.25) is 0 Å². The number of hydrogen-bond donors (Lipinski definition) is 1. The highest BCUT2D eigenvalue weighted by Gasteiger charge is 2.33. The molecule has 3 heteroatoms. The molecule has 1 saturated carbocycles. The van der Waals surface area contributed by atoms with Crippen LogP contribution in [-0.2, 0) is 9.59 Å². The normalized spacial score (nSPS) is 16.4. The topological polar surface area (TPSA) is 54.4 Å². The van der Waals surface area contributed by atoms with E-state index in [1.807, 2.05) is 0 Å². The van der Waals surface area contributed by atoms with E-state index in [-0.39, 0.29) is 17.3 Å². The molecular weight excluding hydrogens is 132 g/mol. The van der Waals surface area contributed by atoms with Gasteiger partial charge in [-0.1, -0.05) is 6.58 Å². The van der Waals surface area contributed by atoms with Crippen LogP contribution in [0.3, 0.4) is 0 Å². The summed E-state index contributed by atoms with van der Waals surface area (Å²) in [6.07, 6.45) is 1.65. The third kappa shape index (κ3) is 1.23. The Kier molecular flexibility index (Phi) is 1.57. The van der Waals surface area contributed by atoms with Crippen LogP contribution in [0, 0.1) is 5.92 Å². The van der Waals surface area contributed by atoms with E-state index in [0.717, 1.165) is 12.8 Å². The Morgan fingerprint density at radius 3 is 2.20 bits per heavy atom. The Labute approximate surface area is 58.4 Å². The van der Waals surface area contributed by atoms with Gasteiger partial charge in [-0.05, 0) is 12.8 Å². The molecule has 0 heterocycles. The minimum atomic E-state index is -1.20. The average Bonchev–Trinajstić information content (AvgIpc) is 2.65. The summed E-state index contributed by atoms with van der Waals surface area (Å²) < 4.78 is 0. The molecule has 0 aliphatic heterocycles. The van der Waals surface area contributed by atoms with Crippen LogP contribution in [-0.4, -0.2) is 16.9 Å². The van der Waals surface area contributed by atoms with E-state index in [1.54, 1.807) is 0 Å². The van der Waals surface area contributed by atoms with Crippen molar-refractivity contribution in [3.05, 3.63) is 12.2 Å². The van der Waals surface area contributed by atoms with Gasteiger partial charge in [0.05, 0.1) is 5.57 Å². The quantitative estimate of drug-likeness (QED) is 0.355. The third-order valence-electron chi connectivity index (χ3n) is 1.50. The van der Waals surface area contributed by atoms with Crippen molar-refractivity contribution in [3.63, 3.8) is 0 Å². The fourth-order valence-corrected chi connectivity index (χ4v) is 0.697. The molecule has 1 fully saturated rings. The fraction of sp³-hybridized carbons (Fsp3) is 0.429. The molecule has 1 aliphatic carbocycles. The molecule has 1 N–H and O–H groups in total. The highest BCUT2D eigenvalue weighted by Crippen LogP contribution is 2.31. The lowest BCUT2D eigenvalue weighted by Crippen LogP contribution is -2.12. The Morgan fingerprint density at radius 2 is 1.90 bits per heavy atom. The molecule has 0 radical (unpaired) electrons. The van der Waals surface area contributed by atoms with E-state index in [0.29, 0.717) is 0 Å². The van der Waals surface area contributed by atoms with E-state index >= 15 is 0 Å². The van der Waals surface area contributed by atoms with Crippen LogP contribution in [0.1, 0.15) is 12.8 Å². The first kappa shape index (κ1) is 6.99. The van der Waals surface area contributed by atoms with Crippen molar-refractivity contribution >= 4 is 11.8 Å². The number of hydrogen-bond acceptors (Lipinski definition) is 2. The molecule has 0 amide bonds. The number of carbonyl (C=O) groups is 2. The van der Waals surface area contributed by atoms with E-state index in [1.165, 1.54) is 0 Å². The van der Waals surface area contributed by atoms with Crippen molar-refractivity contribution in [1.29, 1.82) is 0 Å². The SMILES string of the molecule is C=C(C(=O)O)C(=O)C1CC1. The summed E-state index contributed by atoms with van der Waals surface area (Å²) in [5.41, 5.74) is -0.275. The molecular formula is C7H8O3. The smallest absolute Gasteiger partial charge is 0.338 e. The van der Waals surface area contributed by atoms with Crippen molar-refractivity contribution in [2.75, 3.05) is 0 Å². The third-order valence-corrected chi connectivity index (χ3v) is 1.50. The van der Waals surface area contributed by atoms with Crippen LogP contribution in [0.5, 0.6) is 0 Å². The lowest BCUT2D eigenvalue weighted by atomic mass is 10.1. The Hall–Kier alpha value is -1.12. The first-order chi connectivity index (χ1) is 4.63. The summed E-state index contributed by atoms with van der Waals surface area (Å²) in [4.78, 5) is 21.0. The second-order valence-corrected chi connectivity index (χ2v) is 2.42. The first-order valence-electron chi connectivity index (χ1n) is 3.09. The first-order valence-corrected chi connectivity index (χ1v) is 3.09. The molecule has 0 bridgehead atoms. The number of aliphatic carboxylic acids is 1. The van der Waals surface area contributed by atoms with Gasteiger partial charge in [-0.3, -0.25) is 4.79 Å². The number of carbonyl (C=O) groups excluding carboxylic acids is 1. The molecule has 1 aliphatic rings. The Bertz CT molecular complexity index is 201. The number of ketones is 1. The van der Waals surface area contributed by atoms with Crippen molar-refractivity contribution in [2.45, 2.75) is 12.8 Å². The summed E-state index contributed by atoms with van der Waals surface area (Å²) in [6, 6.07) is 0. The molecule has 0 saturated heterocycles. The van der Waals surface area contributed by atoms with Crippen molar-refractivity contribution < 1.29 is 14.7 Å². The second-order valence-electron chi connectivity index (χ2n) is 2.42. The molecule has 0 aromatic rings. The standard InChI is InChI=1S/C7H8O3/c1-4(7(9)10)6(8)5-2-3-5/h5H,1-3H2,(H,9,10). The van der Waals surface area contributed by atoms with Gasteiger partial charge >= 0.3 is 5.97 Å². The van der Waals surface area contributed by atoms with Gasteiger partial charge in [0.25, 0.3) is 0 Å². The van der Waals surface area contributed by atoms with Crippen LogP contribution >= 0.6 is 0 Å². The van der Waals surface area contributed by atoms with Gasteiger partial charge in [-0.25, -0.2) is 4.79 Å². The second kappa shape index (κ2) is 2.25. The zero-order chi connectivity index (χ0) is 7.72. The van der Waals surface area contributed by atoms with Crippen molar-refractivity contribution in [2.24, 2.45) is 5.92 Å². The van der Waals surface area contributed by atoms with Crippen LogP contribution in [0.25, 0.3) is 0 Å². The number of rotatable bonds is 3. The maximum atomic E-state index is 10.9. The summed E-state index contributed by atoms with van der Waals surface area (Å²) in [7, 11) is 0. The summed E-state index contributed by atoms with van der Waals surface area (Å²) in [5.74, 6) is -1.53. The lowest BCUT2D eigenvalue weighted by molar-refractivity contribution is -0.134. The zero-order valence-electron chi connectivity index (χ0n) is 5.46. The summed E-state index contributed by atoms with van der Waals surface area (Å²) in [5, 5.41) is 8.31. The van der Waals surface area contributed by atoms with E-state index in [2.05, 4.69) is 6.58 Å². The Balaban J connectivity index is 2.55. The predicted octanol–water partition coefficient (Wildman–Crippen LogP) is 0.606. The van der Waals surface area contributed by atoms with Gasteiger partial charge in [0.1, 0.15) is 0 Å². The maximum absolute atomic E-state index is 10.9. The van der Waals surface area contributed by atoms with Gasteiger partial charge in [0, 0.05) is 5.92 Å². The van der Waals surface area contributed by atoms with E-state index in [9.17, 15) is 9.59 Å². The van der Waals surface area contributed by atoms with Gasteiger partial charge < -0.3 is 5.11 Å². The Morgan fingerprint density at radius 1 is 1.40 bits per heavy atom. The number of Topliss-reactive ketones (excluding diaryl/α,β-unsaturated/α-hetero) is 1. The van der Waals surface area contributed by atoms with E-state index < -0.39 is 5.97 Å². The predicted molar refractivity (Wildman–Crippen MR) is 34.5 cm³/mol. The maximum Gasteiger partial charge on any atom is 0.338 e. The fourth-order valence-electron chi connectivity index (χ4n) is 0.697. The van der Waals surface area contributed by atoms with Crippen molar-refractivity contribution in [3.8, 4) is 0 Å². The molecule has 1 rings (SSSR count). The molecule has 0 aromatic carbocycles. The van der Waals surface area contributed by atoms with E-state index in [4.69, 9.17) is 5.11 Å². The van der Waals surface area contributed by atoms with Crippen LogP contribution in [0.4, 0.5) is 0 Å². The summed E-state index contributed by atoms with van der Waals surface area (Å²) in [6.45, 7) is 3.17. The monoisotopic (exact) mass is 140 g/mol. The number of carboxylic acids is 1. The lowest BCUT2D eigenvalue weighted by Gasteiger charge is -1.93. The molecule has 0 atom stereocenters. The van der Waals surface area contributed by atoms with Crippen molar-refractivity contribution in [1.82, 2.24) is 0 Å².